The zero-order valence-corrected chi connectivity index (χ0v) is 14.5. The minimum atomic E-state index is -0.321. The van der Waals surface area contributed by atoms with Crippen molar-refractivity contribution in [1.29, 1.82) is 0 Å². The van der Waals surface area contributed by atoms with Gasteiger partial charge in [-0.25, -0.2) is 0 Å². The van der Waals surface area contributed by atoms with Crippen molar-refractivity contribution in [2.45, 2.75) is 32.1 Å². The van der Waals surface area contributed by atoms with Gasteiger partial charge in [-0.05, 0) is 62.5 Å². The maximum atomic E-state index is 12.1. The molecule has 22 heavy (non-hydrogen) atoms. The maximum Gasteiger partial charge on any atom is 0.257 e. The molecule has 2 N–H and O–H groups in total. The van der Waals surface area contributed by atoms with E-state index in [4.69, 9.17) is 35.4 Å². The van der Waals surface area contributed by atoms with Crippen LogP contribution < -0.4 is 10.6 Å². The van der Waals surface area contributed by atoms with Crippen LogP contribution in [0, 0.1) is 0 Å². The summed E-state index contributed by atoms with van der Waals surface area (Å²) in [4.78, 5) is 12.1. The summed E-state index contributed by atoms with van der Waals surface area (Å²) in [5.74, 6) is -0.321. The minimum absolute atomic E-state index is 0.317. The highest BCUT2D eigenvalue weighted by molar-refractivity contribution is 7.80. The Hall–Kier alpha value is -1.10. The summed E-state index contributed by atoms with van der Waals surface area (Å²) in [5, 5.41) is 6.84. The van der Waals surface area contributed by atoms with E-state index in [9.17, 15) is 4.79 Å². The second kappa shape index (κ2) is 8.51. The van der Waals surface area contributed by atoms with Gasteiger partial charge in [0.2, 0.25) is 0 Å². The van der Waals surface area contributed by atoms with E-state index in [1.165, 1.54) is 31.3 Å². The van der Waals surface area contributed by atoms with Crippen LogP contribution in [0.3, 0.4) is 0 Å². The first-order valence-electron chi connectivity index (χ1n) is 7.28. The number of carbonyl (C=O) groups is 1. The van der Waals surface area contributed by atoms with Crippen molar-refractivity contribution in [3.63, 3.8) is 0 Å². The molecule has 2 rings (SSSR count). The van der Waals surface area contributed by atoms with Crippen molar-refractivity contribution < 1.29 is 4.79 Å². The predicted molar refractivity (Wildman–Crippen MR) is 95.7 cm³/mol. The first kappa shape index (κ1) is 17.3. The molecule has 0 saturated heterocycles. The van der Waals surface area contributed by atoms with Crippen LogP contribution in [0.15, 0.2) is 29.8 Å². The van der Waals surface area contributed by atoms with E-state index < -0.39 is 0 Å². The van der Waals surface area contributed by atoms with Gasteiger partial charge >= 0.3 is 0 Å². The van der Waals surface area contributed by atoms with Gasteiger partial charge in [-0.2, -0.15) is 0 Å². The summed E-state index contributed by atoms with van der Waals surface area (Å²) in [6, 6.07) is 4.69. The average Bonchev–Trinajstić information content (AvgIpc) is 2.47. The average molecular weight is 357 g/mol. The van der Waals surface area contributed by atoms with E-state index in [0.29, 0.717) is 20.7 Å². The van der Waals surface area contributed by atoms with Gasteiger partial charge in [0.1, 0.15) is 0 Å². The second-order valence-electron chi connectivity index (χ2n) is 5.23. The molecule has 3 nitrogen and oxygen atoms in total. The van der Waals surface area contributed by atoms with Gasteiger partial charge < -0.3 is 5.32 Å². The van der Waals surface area contributed by atoms with Crippen molar-refractivity contribution >= 4 is 46.4 Å². The molecule has 0 bridgehead atoms. The number of allylic oxidation sites excluding steroid dienone is 1. The minimum Gasteiger partial charge on any atom is -0.362 e. The smallest absolute Gasteiger partial charge is 0.257 e. The summed E-state index contributed by atoms with van der Waals surface area (Å²) >= 11 is 16.9. The lowest BCUT2D eigenvalue weighted by Crippen LogP contribution is -2.39. The van der Waals surface area contributed by atoms with Crippen molar-refractivity contribution in [3.05, 3.63) is 45.5 Å². The zero-order chi connectivity index (χ0) is 15.9. The van der Waals surface area contributed by atoms with E-state index >= 15 is 0 Å². The first-order valence-corrected chi connectivity index (χ1v) is 8.44. The molecule has 6 heteroatoms. The fraction of sp³-hybridized carbons (Fsp3) is 0.375. The van der Waals surface area contributed by atoms with Gasteiger partial charge in [0.05, 0.1) is 0 Å². The van der Waals surface area contributed by atoms with E-state index in [2.05, 4.69) is 16.7 Å². The molecule has 1 aliphatic carbocycles. The first-order chi connectivity index (χ1) is 10.5. The van der Waals surface area contributed by atoms with Gasteiger partial charge in [0, 0.05) is 22.2 Å². The Morgan fingerprint density at radius 2 is 1.91 bits per heavy atom. The Balaban J connectivity index is 1.78. The Bertz CT molecular complexity index is 582. The van der Waals surface area contributed by atoms with E-state index in [-0.39, 0.29) is 5.91 Å². The van der Waals surface area contributed by atoms with Gasteiger partial charge in [-0.3, -0.25) is 10.1 Å². The number of thiocarbonyl (C=S) groups is 1. The fourth-order valence-electron chi connectivity index (χ4n) is 2.37. The number of carbonyl (C=O) groups excluding carboxylic acids is 1. The zero-order valence-electron chi connectivity index (χ0n) is 12.1. The van der Waals surface area contributed by atoms with Crippen molar-refractivity contribution in [3.8, 4) is 0 Å². The molecule has 1 aromatic rings. The quantitative estimate of drug-likeness (QED) is 0.616. The highest BCUT2D eigenvalue weighted by atomic mass is 35.5. The monoisotopic (exact) mass is 356 g/mol. The molecular formula is C16H18Cl2N2OS. The molecule has 0 saturated carbocycles. The maximum absolute atomic E-state index is 12.1. The molecule has 0 aliphatic heterocycles. The second-order valence-corrected chi connectivity index (χ2v) is 6.51. The molecule has 0 spiro atoms. The van der Waals surface area contributed by atoms with E-state index in [1.54, 1.807) is 18.2 Å². The molecular weight excluding hydrogens is 339 g/mol. The largest absolute Gasteiger partial charge is 0.362 e. The van der Waals surface area contributed by atoms with Gasteiger partial charge in [0.25, 0.3) is 5.91 Å². The van der Waals surface area contributed by atoms with E-state index in [1.807, 2.05) is 0 Å². The fourth-order valence-corrected chi connectivity index (χ4v) is 3.09. The number of hydrogen-bond donors (Lipinski definition) is 2. The molecule has 1 aliphatic rings. The normalized spacial score (nSPS) is 14.2. The Morgan fingerprint density at radius 1 is 1.18 bits per heavy atom. The summed E-state index contributed by atoms with van der Waals surface area (Å²) in [7, 11) is 0. The van der Waals surface area contributed by atoms with Gasteiger partial charge in [-0.1, -0.05) is 34.9 Å². The molecule has 118 valence electrons. The van der Waals surface area contributed by atoms with Crippen molar-refractivity contribution in [2.24, 2.45) is 0 Å². The summed E-state index contributed by atoms with van der Waals surface area (Å²) in [6.45, 7) is 0.723. The third-order valence-electron chi connectivity index (χ3n) is 3.47. The summed E-state index contributed by atoms with van der Waals surface area (Å²) < 4.78 is 0. The Labute approximate surface area is 146 Å². The summed E-state index contributed by atoms with van der Waals surface area (Å²) in [6.07, 6.45) is 8.16. The lowest BCUT2D eigenvalue weighted by atomic mass is 9.97. The van der Waals surface area contributed by atoms with Crippen LogP contribution in [0.2, 0.25) is 10.0 Å². The number of amides is 1. The third-order valence-corrected chi connectivity index (χ3v) is 4.15. The number of halogens is 2. The highest BCUT2D eigenvalue weighted by Crippen LogP contribution is 2.20. The van der Waals surface area contributed by atoms with Gasteiger partial charge in [-0.15, -0.1) is 0 Å². The number of nitrogens with one attached hydrogen (secondary N) is 2. The standard InChI is InChI=1S/C16H18Cl2N2OS/c17-13-8-12(9-14(18)10-13)15(21)20-16(22)19-7-6-11-4-2-1-3-5-11/h4,8-10H,1-3,5-7H2,(H2,19,20,21,22). The number of benzene rings is 1. The van der Waals surface area contributed by atoms with Crippen LogP contribution in [-0.2, 0) is 0 Å². The van der Waals surface area contributed by atoms with Crippen LogP contribution >= 0.6 is 35.4 Å². The lowest BCUT2D eigenvalue weighted by Gasteiger charge is -2.14. The molecule has 1 amide bonds. The number of hydrogen-bond acceptors (Lipinski definition) is 2. The highest BCUT2D eigenvalue weighted by Gasteiger charge is 2.10. The molecule has 0 radical (unpaired) electrons. The lowest BCUT2D eigenvalue weighted by molar-refractivity contribution is 0.0976. The molecule has 0 heterocycles. The van der Waals surface area contributed by atoms with Crippen LogP contribution in [0.4, 0.5) is 0 Å². The van der Waals surface area contributed by atoms with Crippen molar-refractivity contribution in [1.82, 2.24) is 10.6 Å². The Morgan fingerprint density at radius 3 is 2.55 bits per heavy atom. The van der Waals surface area contributed by atoms with Crippen LogP contribution in [0.1, 0.15) is 42.5 Å². The molecule has 0 aromatic heterocycles. The topological polar surface area (TPSA) is 41.1 Å². The molecule has 1 aromatic carbocycles. The third kappa shape index (κ3) is 5.59. The van der Waals surface area contributed by atoms with Crippen LogP contribution in [0.25, 0.3) is 0 Å². The predicted octanol–water partition coefficient (Wildman–Crippen LogP) is 4.49. The SMILES string of the molecule is O=C(NC(=S)NCCC1=CCCCC1)c1cc(Cl)cc(Cl)c1. The summed E-state index contributed by atoms with van der Waals surface area (Å²) in [5.41, 5.74) is 1.85. The molecule has 0 atom stereocenters. The van der Waals surface area contributed by atoms with Crippen LogP contribution in [-0.4, -0.2) is 17.6 Å². The Kier molecular flexibility index (Phi) is 6.68. The van der Waals surface area contributed by atoms with Gasteiger partial charge in [0.15, 0.2) is 5.11 Å². The number of rotatable bonds is 4. The van der Waals surface area contributed by atoms with Crippen molar-refractivity contribution in [2.75, 3.05) is 6.54 Å². The molecule has 0 unspecified atom stereocenters. The van der Waals surface area contributed by atoms with Crippen LogP contribution in [0.5, 0.6) is 0 Å². The molecule has 0 fully saturated rings. The van der Waals surface area contributed by atoms with E-state index in [0.717, 1.165) is 13.0 Å².